The van der Waals surface area contributed by atoms with Gasteiger partial charge in [-0.25, -0.2) is 0 Å². The minimum Gasteiger partial charge on any atom is -0.380 e. The van der Waals surface area contributed by atoms with Crippen molar-refractivity contribution in [2.45, 2.75) is 32.3 Å². The molecule has 1 unspecified atom stereocenters. The normalized spacial score (nSPS) is 12.2. The van der Waals surface area contributed by atoms with Gasteiger partial charge >= 0.3 is 0 Å². The number of aryl methyl sites for hydroxylation is 1. The number of benzene rings is 1. The first kappa shape index (κ1) is 15.7. The Balaban J connectivity index is 2.27. The number of amides is 1. The number of nitrogens with two attached hydrogens (primary N) is 1. The van der Waals surface area contributed by atoms with Crippen LogP contribution in [0.25, 0.3) is 0 Å². The van der Waals surface area contributed by atoms with Crippen molar-refractivity contribution in [1.82, 2.24) is 5.32 Å². The second-order valence-corrected chi connectivity index (χ2v) is 4.57. The predicted octanol–water partition coefficient (Wildman–Crippen LogP) is 1.27. The largest absolute Gasteiger partial charge is 0.380 e. The lowest BCUT2D eigenvalue weighted by molar-refractivity contribution is -0.123. The molecule has 0 saturated carbocycles. The quantitative estimate of drug-likeness (QED) is 0.743. The van der Waals surface area contributed by atoms with Gasteiger partial charge in [0, 0.05) is 20.2 Å². The van der Waals surface area contributed by atoms with E-state index in [1.165, 1.54) is 11.1 Å². The molecular weight excluding hydrogens is 240 g/mol. The highest BCUT2D eigenvalue weighted by molar-refractivity contribution is 5.76. The molecule has 4 nitrogen and oxygen atoms in total. The lowest BCUT2D eigenvalue weighted by Crippen LogP contribution is -2.33. The fourth-order valence-electron chi connectivity index (χ4n) is 1.83. The van der Waals surface area contributed by atoms with E-state index in [1.54, 1.807) is 7.11 Å². The monoisotopic (exact) mass is 264 g/mol. The Bertz CT molecular complexity index is 372. The molecule has 19 heavy (non-hydrogen) atoms. The number of methoxy groups -OCH3 is 1. The van der Waals surface area contributed by atoms with Crippen molar-refractivity contribution in [3.63, 3.8) is 0 Å². The summed E-state index contributed by atoms with van der Waals surface area (Å²) >= 11 is 0. The molecule has 3 N–H and O–H groups in total. The molecule has 0 radical (unpaired) electrons. The fraction of sp³-hybridized carbons (Fsp3) is 0.533. The van der Waals surface area contributed by atoms with Crippen LogP contribution < -0.4 is 11.1 Å². The predicted molar refractivity (Wildman–Crippen MR) is 77.0 cm³/mol. The van der Waals surface area contributed by atoms with Crippen LogP contribution in [0, 0.1) is 0 Å². The van der Waals surface area contributed by atoms with Crippen molar-refractivity contribution < 1.29 is 9.53 Å². The topological polar surface area (TPSA) is 64.4 Å². The molecule has 1 aromatic carbocycles. The molecule has 0 aliphatic heterocycles. The van der Waals surface area contributed by atoms with E-state index >= 15 is 0 Å². The highest BCUT2D eigenvalue weighted by Gasteiger charge is 2.10. The highest BCUT2D eigenvalue weighted by Crippen LogP contribution is 2.05. The summed E-state index contributed by atoms with van der Waals surface area (Å²) < 4.78 is 5.07. The maximum Gasteiger partial charge on any atom is 0.222 e. The van der Waals surface area contributed by atoms with Crippen LogP contribution in [0.15, 0.2) is 24.3 Å². The van der Waals surface area contributed by atoms with Gasteiger partial charge < -0.3 is 15.8 Å². The summed E-state index contributed by atoms with van der Waals surface area (Å²) in [6.45, 7) is 3.15. The maximum atomic E-state index is 11.6. The second-order valence-electron chi connectivity index (χ2n) is 4.57. The van der Waals surface area contributed by atoms with Gasteiger partial charge in [-0.2, -0.15) is 0 Å². The van der Waals surface area contributed by atoms with Crippen LogP contribution >= 0.6 is 0 Å². The van der Waals surface area contributed by atoms with Crippen molar-refractivity contribution in [3.05, 3.63) is 35.4 Å². The molecule has 0 spiro atoms. The van der Waals surface area contributed by atoms with Crippen LogP contribution in [0.5, 0.6) is 0 Å². The molecular formula is C15H24N2O2. The van der Waals surface area contributed by atoms with Gasteiger partial charge in [0.1, 0.15) is 0 Å². The lowest BCUT2D eigenvalue weighted by atomic mass is 10.1. The van der Waals surface area contributed by atoms with Gasteiger partial charge in [-0.3, -0.25) is 4.79 Å². The highest BCUT2D eigenvalue weighted by atomic mass is 16.5. The summed E-state index contributed by atoms with van der Waals surface area (Å²) in [4.78, 5) is 11.6. The summed E-state index contributed by atoms with van der Waals surface area (Å²) in [7, 11) is 1.57. The van der Waals surface area contributed by atoms with Gasteiger partial charge in [0.05, 0.1) is 12.5 Å². The molecule has 1 amide bonds. The van der Waals surface area contributed by atoms with E-state index in [0.29, 0.717) is 19.5 Å². The van der Waals surface area contributed by atoms with E-state index < -0.39 is 0 Å². The number of carbonyl (C=O) groups excluding carboxylic acids is 1. The lowest BCUT2D eigenvalue weighted by Gasteiger charge is -2.12. The van der Waals surface area contributed by atoms with E-state index in [2.05, 4.69) is 36.5 Å². The van der Waals surface area contributed by atoms with E-state index in [0.717, 1.165) is 12.8 Å². The summed E-state index contributed by atoms with van der Waals surface area (Å²) in [5.74, 6) is -0.0116. The smallest absolute Gasteiger partial charge is 0.222 e. The Morgan fingerprint density at radius 3 is 2.47 bits per heavy atom. The Morgan fingerprint density at radius 1 is 1.32 bits per heavy atom. The van der Waals surface area contributed by atoms with E-state index in [9.17, 15) is 4.79 Å². The molecule has 0 saturated heterocycles. The molecule has 1 aromatic rings. The molecule has 0 aromatic heterocycles. The Hall–Kier alpha value is -1.39. The van der Waals surface area contributed by atoms with Crippen LogP contribution in [0.1, 0.15) is 24.5 Å². The molecule has 0 aliphatic rings. The van der Waals surface area contributed by atoms with Crippen molar-refractivity contribution in [3.8, 4) is 0 Å². The number of ether oxygens (including phenoxy) is 1. The zero-order valence-electron chi connectivity index (χ0n) is 11.8. The number of nitrogens with one attached hydrogen (secondary N) is 1. The molecule has 4 heteroatoms. The van der Waals surface area contributed by atoms with Crippen LogP contribution in [0.4, 0.5) is 0 Å². The third-order valence-corrected chi connectivity index (χ3v) is 3.18. The van der Waals surface area contributed by atoms with Gasteiger partial charge in [-0.1, -0.05) is 31.2 Å². The number of hydrogen-bond donors (Lipinski definition) is 2. The van der Waals surface area contributed by atoms with Gasteiger partial charge in [-0.05, 0) is 24.0 Å². The molecule has 1 rings (SSSR count). The minimum absolute atomic E-state index is 0.0116. The Morgan fingerprint density at radius 2 is 1.95 bits per heavy atom. The number of carbonyl (C=O) groups is 1. The molecule has 1 atom stereocenters. The van der Waals surface area contributed by atoms with E-state index in [4.69, 9.17) is 10.5 Å². The van der Waals surface area contributed by atoms with Crippen molar-refractivity contribution in [2.75, 3.05) is 20.2 Å². The first-order valence-corrected chi connectivity index (χ1v) is 6.77. The van der Waals surface area contributed by atoms with Gasteiger partial charge in [0.25, 0.3) is 0 Å². The molecule has 0 bridgehead atoms. The third kappa shape index (κ3) is 5.85. The third-order valence-electron chi connectivity index (χ3n) is 3.18. The Labute approximate surface area is 115 Å². The molecule has 106 valence electrons. The number of hydrogen-bond acceptors (Lipinski definition) is 3. The maximum absolute atomic E-state index is 11.6. The van der Waals surface area contributed by atoms with Crippen LogP contribution in [-0.2, 0) is 22.4 Å². The van der Waals surface area contributed by atoms with Crippen LogP contribution in [-0.4, -0.2) is 32.2 Å². The van der Waals surface area contributed by atoms with Crippen molar-refractivity contribution >= 4 is 5.91 Å². The van der Waals surface area contributed by atoms with Crippen LogP contribution in [0.3, 0.4) is 0 Å². The van der Waals surface area contributed by atoms with Gasteiger partial charge in [0.15, 0.2) is 0 Å². The van der Waals surface area contributed by atoms with Crippen molar-refractivity contribution in [1.29, 1.82) is 0 Å². The molecule has 0 aliphatic carbocycles. The zero-order valence-corrected chi connectivity index (χ0v) is 11.8. The van der Waals surface area contributed by atoms with E-state index in [-0.39, 0.29) is 12.0 Å². The summed E-state index contributed by atoms with van der Waals surface area (Å²) in [6, 6.07) is 8.49. The summed E-state index contributed by atoms with van der Waals surface area (Å²) in [6.07, 6.45) is 2.02. The minimum atomic E-state index is -0.191. The molecule has 0 heterocycles. The molecule has 0 fully saturated rings. The van der Waals surface area contributed by atoms with Crippen molar-refractivity contribution in [2.24, 2.45) is 5.73 Å². The SMILES string of the molecule is CCc1ccc(CCNC(=O)CC(CN)OC)cc1. The second kappa shape index (κ2) is 8.67. The van der Waals surface area contributed by atoms with Crippen LogP contribution in [0.2, 0.25) is 0 Å². The number of rotatable bonds is 8. The fourth-order valence-corrected chi connectivity index (χ4v) is 1.83. The first-order chi connectivity index (χ1) is 9.19. The average molecular weight is 264 g/mol. The zero-order chi connectivity index (χ0) is 14.1. The first-order valence-electron chi connectivity index (χ1n) is 6.77. The van der Waals surface area contributed by atoms with Gasteiger partial charge in [0.2, 0.25) is 5.91 Å². The Kier molecular flexibility index (Phi) is 7.15. The average Bonchev–Trinajstić information content (AvgIpc) is 2.45. The van der Waals surface area contributed by atoms with E-state index in [1.807, 2.05) is 0 Å². The van der Waals surface area contributed by atoms with Gasteiger partial charge in [-0.15, -0.1) is 0 Å². The summed E-state index contributed by atoms with van der Waals surface area (Å²) in [5.41, 5.74) is 8.04. The standard InChI is InChI=1S/C15H24N2O2/c1-3-12-4-6-13(7-5-12)8-9-17-15(18)10-14(11-16)19-2/h4-7,14H,3,8-11,16H2,1-2H3,(H,17,18). The summed E-state index contributed by atoms with van der Waals surface area (Å²) in [5, 5.41) is 2.88.